The van der Waals surface area contributed by atoms with Crippen LogP contribution in [-0.4, -0.2) is 84.2 Å². The normalized spacial score (nSPS) is 13.0. The molecule has 11 heteroatoms. The summed E-state index contributed by atoms with van der Waals surface area (Å²) >= 11 is 0. The van der Waals surface area contributed by atoms with Crippen LogP contribution < -0.4 is 14.2 Å². The lowest BCUT2D eigenvalue weighted by Crippen LogP contribution is -2.44. The van der Waals surface area contributed by atoms with Gasteiger partial charge in [0, 0.05) is 19.6 Å². The highest BCUT2D eigenvalue weighted by Gasteiger charge is 2.34. The lowest BCUT2D eigenvalue weighted by molar-refractivity contribution is -0.128. The van der Waals surface area contributed by atoms with Crippen molar-refractivity contribution in [3.63, 3.8) is 0 Å². The minimum atomic E-state index is -0.682. The van der Waals surface area contributed by atoms with E-state index in [2.05, 4.69) is 4.98 Å². The number of amides is 3. The van der Waals surface area contributed by atoms with E-state index < -0.39 is 17.6 Å². The summed E-state index contributed by atoms with van der Waals surface area (Å²) in [4.78, 5) is 51.1. The van der Waals surface area contributed by atoms with Crippen LogP contribution in [0, 0.1) is 0 Å². The van der Waals surface area contributed by atoms with Crippen molar-refractivity contribution in [2.45, 2.75) is 45.6 Å². The molecule has 1 aliphatic rings. The van der Waals surface area contributed by atoms with Crippen LogP contribution in [0.15, 0.2) is 54.6 Å². The number of para-hydroxylation sites is 1. The molecule has 0 spiro atoms. The molecule has 0 unspecified atom stereocenters. The molecule has 1 N–H and O–H groups in total. The molecular formula is C35H40N4O7. The Kier molecular flexibility index (Phi) is 9.50. The molecule has 0 atom stereocenters. The van der Waals surface area contributed by atoms with Gasteiger partial charge >= 0.3 is 6.09 Å². The second-order valence-corrected chi connectivity index (χ2v) is 12.1. The number of methoxy groups -OCH3 is 3. The number of imidazole rings is 1. The van der Waals surface area contributed by atoms with Crippen molar-refractivity contribution in [1.29, 1.82) is 0 Å². The second-order valence-electron chi connectivity index (χ2n) is 12.1. The zero-order chi connectivity index (χ0) is 33.0. The fourth-order valence-electron chi connectivity index (χ4n) is 5.54. The average molecular weight is 629 g/mol. The van der Waals surface area contributed by atoms with Crippen molar-refractivity contribution in [2.75, 3.05) is 41.0 Å². The number of aromatic nitrogens is 2. The Balaban J connectivity index is 1.32. The molecule has 1 aromatic heterocycles. The van der Waals surface area contributed by atoms with Crippen LogP contribution in [0.2, 0.25) is 0 Å². The predicted octanol–water partition coefficient (Wildman–Crippen LogP) is 5.65. The van der Waals surface area contributed by atoms with Gasteiger partial charge in [0.1, 0.15) is 22.7 Å². The molecule has 0 bridgehead atoms. The van der Waals surface area contributed by atoms with Crippen molar-refractivity contribution in [2.24, 2.45) is 0 Å². The van der Waals surface area contributed by atoms with Gasteiger partial charge in [0.05, 0.1) is 44.4 Å². The largest absolute Gasteiger partial charge is 0.496 e. The third-order valence-corrected chi connectivity index (χ3v) is 7.78. The van der Waals surface area contributed by atoms with E-state index >= 15 is 0 Å². The number of fused-ring (bicyclic) bond motifs is 3. The highest BCUT2D eigenvalue weighted by molar-refractivity contribution is 6.15. The second kappa shape index (κ2) is 13.5. The molecule has 0 saturated heterocycles. The fraction of sp³-hybridized carbons (Fsp3) is 0.371. The van der Waals surface area contributed by atoms with Crippen LogP contribution in [-0.2, 0) is 22.4 Å². The van der Waals surface area contributed by atoms with Crippen LogP contribution >= 0.6 is 0 Å². The summed E-state index contributed by atoms with van der Waals surface area (Å²) in [5.74, 6) is 1.76. The molecule has 242 valence electrons. The van der Waals surface area contributed by atoms with Gasteiger partial charge in [-0.2, -0.15) is 0 Å². The van der Waals surface area contributed by atoms with Crippen molar-refractivity contribution in [3.05, 3.63) is 71.3 Å². The lowest BCUT2D eigenvalue weighted by Gasteiger charge is -2.30. The quantitative estimate of drug-likeness (QED) is 0.212. The molecule has 3 aromatic carbocycles. The number of aromatic amines is 1. The van der Waals surface area contributed by atoms with Gasteiger partial charge in [0.15, 0.2) is 11.5 Å². The van der Waals surface area contributed by atoms with Gasteiger partial charge in [-0.15, -0.1) is 0 Å². The van der Waals surface area contributed by atoms with Crippen LogP contribution in [0.3, 0.4) is 0 Å². The summed E-state index contributed by atoms with van der Waals surface area (Å²) < 4.78 is 21.9. The third-order valence-electron chi connectivity index (χ3n) is 7.78. The highest BCUT2D eigenvalue weighted by Crippen LogP contribution is 2.33. The van der Waals surface area contributed by atoms with Crippen LogP contribution in [0.4, 0.5) is 4.79 Å². The van der Waals surface area contributed by atoms with Gasteiger partial charge in [-0.3, -0.25) is 14.5 Å². The number of ether oxygens (including phenoxy) is 4. The molecular weight excluding hydrogens is 588 g/mol. The maximum absolute atomic E-state index is 13.8. The fourth-order valence-corrected chi connectivity index (χ4v) is 5.54. The van der Waals surface area contributed by atoms with Crippen molar-refractivity contribution in [1.82, 2.24) is 19.8 Å². The van der Waals surface area contributed by atoms with Crippen LogP contribution in [0.5, 0.6) is 17.2 Å². The Morgan fingerprint density at radius 2 is 1.67 bits per heavy atom. The number of hydrogen-bond acceptors (Lipinski definition) is 8. The Morgan fingerprint density at radius 1 is 0.935 bits per heavy atom. The first-order chi connectivity index (χ1) is 22.0. The first-order valence-corrected chi connectivity index (χ1v) is 15.2. The molecule has 3 amide bonds. The van der Waals surface area contributed by atoms with Gasteiger partial charge in [-0.05, 0) is 75.1 Å². The number of H-pyrrole nitrogens is 1. The SMILES string of the molecule is COc1ccc(CCN(CCCN2C(=O)Cc3ccc4[nH]c(-c5ccccc5OC)nc4c3C2=O)C(=O)OC(C)(C)C)cc1OC. The number of carbonyl (C=O) groups excluding carboxylic acids is 3. The van der Waals surface area contributed by atoms with Crippen LogP contribution in [0.1, 0.15) is 48.7 Å². The molecule has 5 rings (SSSR count). The predicted molar refractivity (Wildman–Crippen MR) is 174 cm³/mol. The Bertz CT molecular complexity index is 1760. The molecule has 0 aliphatic carbocycles. The first-order valence-electron chi connectivity index (χ1n) is 15.2. The van der Waals surface area contributed by atoms with E-state index in [9.17, 15) is 14.4 Å². The van der Waals surface area contributed by atoms with E-state index in [1.165, 1.54) is 4.90 Å². The van der Waals surface area contributed by atoms with E-state index in [0.29, 0.717) is 64.6 Å². The number of carbonyl (C=O) groups is 3. The van der Waals surface area contributed by atoms with E-state index in [-0.39, 0.29) is 25.4 Å². The topological polar surface area (TPSA) is 123 Å². The molecule has 11 nitrogen and oxygen atoms in total. The Morgan fingerprint density at radius 3 is 2.39 bits per heavy atom. The Hall–Kier alpha value is -5.06. The van der Waals surface area contributed by atoms with E-state index in [4.69, 9.17) is 23.9 Å². The number of imide groups is 1. The number of hydrogen-bond donors (Lipinski definition) is 1. The van der Waals surface area contributed by atoms with Crippen molar-refractivity contribution >= 4 is 28.9 Å². The van der Waals surface area contributed by atoms with E-state index in [1.54, 1.807) is 32.3 Å². The summed E-state index contributed by atoms with van der Waals surface area (Å²) in [6.45, 7) is 6.25. The molecule has 0 radical (unpaired) electrons. The summed E-state index contributed by atoms with van der Waals surface area (Å²) in [6, 6.07) is 16.8. The van der Waals surface area contributed by atoms with Crippen molar-refractivity contribution in [3.8, 4) is 28.6 Å². The number of nitrogens with zero attached hydrogens (tertiary/aromatic N) is 3. The van der Waals surface area contributed by atoms with Crippen LogP contribution in [0.25, 0.3) is 22.4 Å². The van der Waals surface area contributed by atoms with Gasteiger partial charge < -0.3 is 28.8 Å². The summed E-state index contributed by atoms with van der Waals surface area (Å²) in [5, 5.41) is 0. The van der Waals surface area contributed by atoms with Crippen molar-refractivity contribution < 1.29 is 33.3 Å². The minimum absolute atomic E-state index is 0.0863. The number of nitrogens with one attached hydrogen (secondary N) is 1. The maximum atomic E-state index is 13.8. The maximum Gasteiger partial charge on any atom is 0.410 e. The summed E-state index contributed by atoms with van der Waals surface area (Å²) in [6.07, 6.45) is 0.543. The van der Waals surface area contributed by atoms with E-state index in [1.807, 2.05) is 69.3 Å². The monoisotopic (exact) mass is 628 g/mol. The third kappa shape index (κ3) is 6.93. The Labute approximate surface area is 268 Å². The summed E-state index contributed by atoms with van der Waals surface area (Å²) in [5.41, 5.74) is 3.29. The zero-order valence-electron chi connectivity index (χ0n) is 27.1. The summed E-state index contributed by atoms with van der Waals surface area (Å²) in [7, 11) is 4.75. The molecule has 4 aromatic rings. The molecule has 0 fully saturated rings. The van der Waals surface area contributed by atoms with Gasteiger partial charge in [0.25, 0.3) is 5.91 Å². The van der Waals surface area contributed by atoms with Gasteiger partial charge in [0.2, 0.25) is 5.91 Å². The minimum Gasteiger partial charge on any atom is -0.496 e. The lowest BCUT2D eigenvalue weighted by atomic mass is 9.97. The highest BCUT2D eigenvalue weighted by atomic mass is 16.6. The molecule has 1 aliphatic heterocycles. The molecule has 2 heterocycles. The van der Waals surface area contributed by atoms with E-state index in [0.717, 1.165) is 11.1 Å². The molecule has 46 heavy (non-hydrogen) atoms. The smallest absolute Gasteiger partial charge is 0.410 e. The standard InChI is InChI=1S/C35H40N4O7/c1-35(2,3)46-34(42)38(19-16-22-12-15-27(44-5)28(20-22)45-6)17-9-18-39-29(40)21-23-13-14-25-31(30(23)33(39)41)37-32(36-25)24-10-7-8-11-26(24)43-4/h7-8,10-15,20H,9,16-19,21H2,1-6H3,(H,36,37). The number of rotatable bonds is 11. The molecule has 0 saturated carbocycles. The first kappa shape index (κ1) is 32.3. The number of benzene rings is 3. The average Bonchev–Trinajstić information content (AvgIpc) is 3.47. The van der Waals surface area contributed by atoms with Gasteiger partial charge in [-0.25, -0.2) is 9.78 Å². The zero-order valence-corrected chi connectivity index (χ0v) is 27.1. The van der Waals surface area contributed by atoms with Gasteiger partial charge in [-0.1, -0.05) is 24.3 Å².